The Morgan fingerprint density at radius 3 is 2.75 bits per heavy atom. The van der Waals surface area contributed by atoms with Gasteiger partial charge >= 0.3 is 0 Å². The fourth-order valence-corrected chi connectivity index (χ4v) is 6.22. The van der Waals surface area contributed by atoms with Crippen molar-refractivity contribution in [2.45, 2.75) is 57.7 Å². The Bertz CT molecular complexity index is 1120. The number of ether oxygens (including phenoxy) is 1. The van der Waals surface area contributed by atoms with E-state index in [4.69, 9.17) is 10.1 Å². The molecule has 0 unspecified atom stereocenters. The highest BCUT2D eigenvalue weighted by atomic mass is 32.2. The number of hydrogen-bond acceptors (Lipinski definition) is 6. The first-order valence-electron chi connectivity index (χ1n) is 10.9. The summed E-state index contributed by atoms with van der Waals surface area (Å²) in [5.74, 6) is 0.886. The standard InChI is InChI=1S/C22H29N5O4S/c1-14-17(21(29)27-32(30)11-2-3-12-32)13-25-19(14)20(23)26-18-5-4-10-24-22(18)31-16-8-6-15(28)7-9-16/h4-5,10,13,15-16,25,28H,2-3,6-9,11-12H2,1H3,(H2,23,26)/t15-,16-. The predicted octanol–water partition coefficient (Wildman–Crippen LogP) is 3.24. The van der Waals surface area contributed by atoms with E-state index in [1.165, 1.54) is 6.20 Å². The highest BCUT2D eigenvalue weighted by molar-refractivity contribution is 7.94. The number of carbonyl (C=O) groups excluding carboxylic acids is 1. The largest absolute Gasteiger partial charge is 0.473 e. The Morgan fingerprint density at radius 2 is 2.03 bits per heavy atom. The first-order chi connectivity index (χ1) is 15.3. The lowest BCUT2D eigenvalue weighted by Gasteiger charge is -2.26. The zero-order chi connectivity index (χ0) is 22.7. The SMILES string of the molecule is Cc1c(C(=O)N=S2(=O)CCCC2)c[nH]c1C(=N)Nc1cccnc1O[C@H]1CC[C@H](O)CC1. The number of aromatic amines is 1. The van der Waals surface area contributed by atoms with Gasteiger partial charge in [-0.2, -0.15) is 4.36 Å². The number of nitrogens with one attached hydrogen (secondary N) is 3. The van der Waals surface area contributed by atoms with E-state index in [1.807, 2.05) is 0 Å². The molecule has 9 nitrogen and oxygen atoms in total. The monoisotopic (exact) mass is 459 g/mol. The quantitative estimate of drug-likeness (QED) is 0.400. The number of carbonyl (C=O) groups is 1. The molecule has 1 saturated heterocycles. The summed E-state index contributed by atoms with van der Waals surface area (Å²) in [6, 6.07) is 3.53. The third-order valence-corrected chi connectivity index (χ3v) is 8.35. The Kier molecular flexibility index (Phi) is 6.61. The molecule has 2 aliphatic rings. The number of amides is 1. The van der Waals surface area contributed by atoms with Gasteiger partial charge in [0, 0.05) is 23.9 Å². The van der Waals surface area contributed by atoms with E-state index in [-0.39, 0.29) is 18.0 Å². The Hall–Kier alpha value is -2.72. The van der Waals surface area contributed by atoms with Crippen LogP contribution in [0.4, 0.5) is 5.69 Å². The summed E-state index contributed by atoms with van der Waals surface area (Å²) in [4.78, 5) is 19.9. The summed E-state index contributed by atoms with van der Waals surface area (Å²) in [6.45, 7) is 1.74. The molecule has 4 N–H and O–H groups in total. The Morgan fingerprint density at radius 1 is 1.31 bits per heavy atom. The number of rotatable bonds is 5. The number of aliphatic hydroxyl groups excluding tert-OH is 1. The number of pyridine rings is 1. The molecule has 2 fully saturated rings. The van der Waals surface area contributed by atoms with Gasteiger partial charge < -0.3 is 20.1 Å². The molecular formula is C22H29N5O4S. The molecule has 0 aromatic carbocycles. The van der Waals surface area contributed by atoms with Crippen molar-refractivity contribution in [1.29, 1.82) is 5.41 Å². The van der Waals surface area contributed by atoms with E-state index in [9.17, 15) is 14.1 Å². The maximum atomic E-state index is 12.6. The average Bonchev–Trinajstić information content (AvgIpc) is 3.36. The summed E-state index contributed by atoms with van der Waals surface area (Å²) in [5.41, 5.74) is 1.89. The zero-order valence-electron chi connectivity index (χ0n) is 18.1. The van der Waals surface area contributed by atoms with Crippen molar-refractivity contribution in [2.75, 3.05) is 16.8 Å². The number of H-pyrrole nitrogens is 1. The van der Waals surface area contributed by atoms with Crippen LogP contribution in [-0.2, 0) is 9.73 Å². The van der Waals surface area contributed by atoms with Crippen LogP contribution in [0.25, 0.3) is 0 Å². The topological polar surface area (TPSA) is 141 Å². The molecule has 0 radical (unpaired) electrons. The van der Waals surface area contributed by atoms with Gasteiger partial charge in [0.2, 0.25) is 5.88 Å². The van der Waals surface area contributed by atoms with Crippen LogP contribution in [0, 0.1) is 12.3 Å². The second kappa shape index (κ2) is 9.41. The van der Waals surface area contributed by atoms with Crippen LogP contribution in [0.5, 0.6) is 5.88 Å². The highest BCUT2D eigenvalue weighted by Crippen LogP contribution is 2.28. The number of nitrogens with zero attached hydrogens (tertiary/aromatic N) is 2. The molecule has 172 valence electrons. The number of aliphatic hydroxyl groups is 1. The van der Waals surface area contributed by atoms with Crippen molar-refractivity contribution in [3.05, 3.63) is 41.3 Å². The second-order valence-electron chi connectivity index (χ2n) is 8.39. The molecule has 32 heavy (non-hydrogen) atoms. The van der Waals surface area contributed by atoms with Crippen LogP contribution in [0.1, 0.15) is 60.1 Å². The lowest BCUT2D eigenvalue weighted by atomic mass is 9.95. The number of anilines is 1. The summed E-state index contributed by atoms with van der Waals surface area (Å²) in [5, 5.41) is 21.2. The Labute approximate surface area is 187 Å². The zero-order valence-corrected chi connectivity index (χ0v) is 18.9. The molecule has 10 heteroatoms. The molecule has 2 aromatic rings. The van der Waals surface area contributed by atoms with Crippen molar-refractivity contribution in [3.8, 4) is 5.88 Å². The molecule has 1 aliphatic heterocycles. The smallest absolute Gasteiger partial charge is 0.286 e. The fraction of sp³-hybridized carbons (Fsp3) is 0.500. The van der Waals surface area contributed by atoms with Crippen LogP contribution in [0.2, 0.25) is 0 Å². The van der Waals surface area contributed by atoms with Gasteiger partial charge in [0.25, 0.3) is 5.91 Å². The molecule has 4 rings (SSSR count). The van der Waals surface area contributed by atoms with Crippen LogP contribution in [0.15, 0.2) is 28.9 Å². The molecular weight excluding hydrogens is 430 g/mol. The highest BCUT2D eigenvalue weighted by Gasteiger charge is 2.24. The molecule has 2 aromatic heterocycles. The predicted molar refractivity (Wildman–Crippen MR) is 123 cm³/mol. The molecule has 1 saturated carbocycles. The van der Waals surface area contributed by atoms with Crippen LogP contribution >= 0.6 is 0 Å². The molecule has 1 amide bonds. The van der Waals surface area contributed by atoms with Crippen LogP contribution in [-0.4, -0.2) is 54.7 Å². The summed E-state index contributed by atoms with van der Waals surface area (Å²) < 4.78 is 22.6. The van der Waals surface area contributed by atoms with Gasteiger partial charge in [-0.1, -0.05) is 0 Å². The number of amidine groups is 1. The van der Waals surface area contributed by atoms with Gasteiger partial charge in [-0.15, -0.1) is 0 Å². The van der Waals surface area contributed by atoms with Gasteiger partial charge in [-0.25, -0.2) is 9.19 Å². The molecule has 1 aliphatic carbocycles. The minimum atomic E-state index is -2.45. The van der Waals surface area contributed by atoms with E-state index < -0.39 is 15.6 Å². The van der Waals surface area contributed by atoms with Gasteiger partial charge in [-0.3, -0.25) is 10.2 Å². The number of aromatic nitrogens is 2. The average molecular weight is 460 g/mol. The first kappa shape index (κ1) is 22.5. The normalized spacial score (nSPS) is 22.3. The van der Waals surface area contributed by atoms with E-state index in [0.717, 1.165) is 25.7 Å². The van der Waals surface area contributed by atoms with Gasteiger partial charge in [0.05, 0.1) is 27.1 Å². The van der Waals surface area contributed by atoms with Gasteiger partial charge in [0.15, 0.2) is 0 Å². The molecule has 0 bridgehead atoms. The summed E-state index contributed by atoms with van der Waals surface area (Å²) in [7, 11) is -2.45. The molecule has 0 spiro atoms. The maximum Gasteiger partial charge on any atom is 0.286 e. The molecule has 3 heterocycles. The van der Waals surface area contributed by atoms with Gasteiger partial charge in [0.1, 0.15) is 17.6 Å². The van der Waals surface area contributed by atoms with Crippen molar-refractivity contribution >= 4 is 27.2 Å². The third kappa shape index (κ3) is 5.02. The molecule has 0 atom stereocenters. The lowest BCUT2D eigenvalue weighted by molar-refractivity contribution is 0.0647. The van der Waals surface area contributed by atoms with Crippen molar-refractivity contribution < 1.29 is 18.8 Å². The minimum Gasteiger partial charge on any atom is -0.473 e. The van der Waals surface area contributed by atoms with Crippen molar-refractivity contribution in [3.63, 3.8) is 0 Å². The van der Waals surface area contributed by atoms with Crippen molar-refractivity contribution in [2.24, 2.45) is 4.36 Å². The van der Waals surface area contributed by atoms with Crippen molar-refractivity contribution in [1.82, 2.24) is 9.97 Å². The second-order valence-corrected chi connectivity index (χ2v) is 10.9. The lowest BCUT2D eigenvalue weighted by Crippen LogP contribution is -2.27. The van der Waals surface area contributed by atoms with E-state index in [1.54, 1.807) is 25.3 Å². The summed E-state index contributed by atoms with van der Waals surface area (Å²) >= 11 is 0. The minimum absolute atomic E-state index is 0.0291. The van der Waals surface area contributed by atoms with Crippen LogP contribution in [0.3, 0.4) is 0 Å². The maximum absolute atomic E-state index is 12.6. The first-order valence-corrected chi connectivity index (χ1v) is 12.8. The van der Waals surface area contributed by atoms with Gasteiger partial charge in [-0.05, 0) is 63.1 Å². The van der Waals surface area contributed by atoms with E-state index >= 15 is 0 Å². The Balaban J connectivity index is 1.48. The van der Waals surface area contributed by atoms with E-state index in [0.29, 0.717) is 52.7 Å². The fourth-order valence-electron chi connectivity index (χ4n) is 4.12. The third-order valence-electron chi connectivity index (χ3n) is 6.00. The number of hydrogen-bond donors (Lipinski definition) is 4. The summed E-state index contributed by atoms with van der Waals surface area (Å²) in [6.07, 6.45) is 7.41. The van der Waals surface area contributed by atoms with Crippen LogP contribution < -0.4 is 10.1 Å². The van der Waals surface area contributed by atoms with E-state index in [2.05, 4.69) is 19.6 Å².